The molecule has 0 bridgehead atoms. The zero-order valence-electron chi connectivity index (χ0n) is 47.4. The lowest BCUT2D eigenvalue weighted by Crippen LogP contribution is -2.39. The van der Waals surface area contributed by atoms with Crippen molar-refractivity contribution in [3.05, 3.63) is 144 Å². The predicted octanol–water partition coefficient (Wildman–Crippen LogP) is 14.8. The van der Waals surface area contributed by atoms with Crippen LogP contribution in [0.2, 0.25) is 0 Å². The molecule has 22 heteroatoms. The van der Waals surface area contributed by atoms with Crippen LogP contribution in [0.3, 0.4) is 0 Å². The van der Waals surface area contributed by atoms with Crippen LogP contribution in [0.5, 0.6) is 11.5 Å². The summed E-state index contributed by atoms with van der Waals surface area (Å²) in [6.07, 6.45) is -6.83. The molecule has 8 rings (SSSR count). The summed E-state index contributed by atoms with van der Waals surface area (Å²) in [7, 11) is 4.32. The number of anilines is 2. The molecule has 1 N–H and O–H groups in total. The molecular formula is C61H62F6N6O10. The highest BCUT2D eigenvalue weighted by molar-refractivity contribution is 5.97. The molecule has 0 aliphatic carbocycles. The van der Waals surface area contributed by atoms with Crippen LogP contribution < -0.4 is 19.3 Å². The molecule has 0 aliphatic heterocycles. The average Bonchev–Trinajstić information content (AvgIpc) is 4.17. The molecule has 438 valence electrons. The van der Waals surface area contributed by atoms with E-state index in [0.29, 0.717) is 73.0 Å². The largest absolute Gasteiger partial charge is 0.496 e. The summed E-state index contributed by atoms with van der Waals surface area (Å²) >= 11 is 0. The van der Waals surface area contributed by atoms with Gasteiger partial charge in [0.1, 0.15) is 22.7 Å². The maximum absolute atomic E-state index is 13.4. The van der Waals surface area contributed by atoms with Gasteiger partial charge in [0.25, 0.3) is 0 Å². The SMILES string of the molecule is COC(=O)c1ccc(-c2cnc3c(N(CCC(F)(F)F)C(=O)OC(C)(C)C)cc(-c4ccccc4OC)cn23)cc1C.COc1ccccc1-c1cc(N(CCC(F)(F)F)C(=O)OC(C)(C)C)c2ncc(-c3ccc(C(=O)O)c(C)c3)n2c1. The number of nitrogens with zero attached hydrogens (tertiary/aromatic N) is 6. The third-order valence-corrected chi connectivity index (χ3v) is 12.7. The van der Waals surface area contributed by atoms with E-state index in [-0.39, 0.29) is 28.2 Å². The van der Waals surface area contributed by atoms with Gasteiger partial charge in [0, 0.05) is 58.9 Å². The fraction of sp³-hybridized carbons (Fsp3) is 0.311. The lowest BCUT2D eigenvalue weighted by molar-refractivity contribution is -0.133. The number of benzene rings is 4. The first kappa shape index (κ1) is 61.5. The fourth-order valence-corrected chi connectivity index (χ4v) is 8.98. The van der Waals surface area contributed by atoms with Crippen LogP contribution in [0.4, 0.5) is 47.3 Å². The minimum atomic E-state index is -4.53. The molecular weight excluding hydrogens is 1090 g/mol. The second-order valence-electron chi connectivity index (χ2n) is 21.2. The van der Waals surface area contributed by atoms with Gasteiger partial charge in [0.15, 0.2) is 11.3 Å². The molecule has 4 aromatic heterocycles. The Morgan fingerprint density at radius 1 is 0.542 bits per heavy atom. The number of carbonyl (C=O) groups excluding carboxylic acids is 3. The highest BCUT2D eigenvalue weighted by atomic mass is 19.4. The number of alkyl halides is 6. The van der Waals surface area contributed by atoms with Crippen molar-refractivity contribution >= 4 is 46.8 Å². The van der Waals surface area contributed by atoms with Crippen LogP contribution in [0.1, 0.15) is 86.2 Å². The number of fused-ring (bicyclic) bond motifs is 2. The Morgan fingerprint density at radius 3 is 1.27 bits per heavy atom. The second kappa shape index (κ2) is 24.6. The van der Waals surface area contributed by atoms with Crippen molar-refractivity contribution in [2.75, 3.05) is 44.2 Å². The van der Waals surface area contributed by atoms with E-state index in [1.807, 2.05) is 6.07 Å². The van der Waals surface area contributed by atoms with Gasteiger partial charge in [-0.1, -0.05) is 48.5 Å². The van der Waals surface area contributed by atoms with Gasteiger partial charge < -0.3 is 28.8 Å². The van der Waals surface area contributed by atoms with Crippen molar-refractivity contribution in [3.8, 4) is 56.3 Å². The lowest BCUT2D eigenvalue weighted by Gasteiger charge is -2.28. The van der Waals surface area contributed by atoms with Crippen molar-refractivity contribution in [2.45, 2.75) is 91.8 Å². The number of rotatable bonds is 14. The van der Waals surface area contributed by atoms with E-state index in [1.54, 1.807) is 168 Å². The van der Waals surface area contributed by atoms with Gasteiger partial charge in [0.05, 0.1) is 80.5 Å². The van der Waals surface area contributed by atoms with Crippen molar-refractivity contribution in [1.29, 1.82) is 0 Å². The number of carboxylic acid groups (broad SMARTS) is 1. The number of halogens is 6. The first-order valence-electron chi connectivity index (χ1n) is 25.9. The number of aromatic carboxylic acids is 1. The molecule has 0 unspecified atom stereocenters. The number of ether oxygens (including phenoxy) is 5. The molecule has 83 heavy (non-hydrogen) atoms. The number of hydrogen-bond donors (Lipinski definition) is 1. The number of carboxylic acids is 1. The molecule has 16 nitrogen and oxygen atoms in total. The summed E-state index contributed by atoms with van der Waals surface area (Å²) in [5.74, 6) is -0.497. The van der Waals surface area contributed by atoms with E-state index in [9.17, 15) is 50.6 Å². The molecule has 0 saturated heterocycles. The first-order valence-corrected chi connectivity index (χ1v) is 25.9. The van der Waals surface area contributed by atoms with Crippen LogP contribution in [-0.4, -0.2) is 106 Å². The number of pyridine rings is 2. The minimum absolute atomic E-state index is 0.108. The van der Waals surface area contributed by atoms with Crippen molar-refractivity contribution in [1.82, 2.24) is 18.8 Å². The standard InChI is InChI=1S/C31H32F3N3O5.C30H30F3N3O5/c1-19-15-20(11-12-22(19)28(38)41-6)25-17-35-27-24(36(14-13-31(32,33)34)29(39)42-30(2,3)4)16-21(18-37(25)27)23-9-7-8-10-26(23)40-5;1-18-14-19(10-11-21(18)27(37)38)24-16-34-26-23(35(13-12-30(31,32)33)28(39)41-29(2,3)4)15-20(17-36(24)26)22-8-6-7-9-25(22)40-5/h7-12,15-18H,13-14H2,1-6H3;6-11,14-17H,12-13H2,1-5H3,(H,37,38). The minimum Gasteiger partial charge on any atom is -0.496 e. The van der Waals surface area contributed by atoms with Crippen LogP contribution in [0.25, 0.3) is 56.1 Å². The van der Waals surface area contributed by atoms with Crippen molar-refractivity contribution < 1.29 is 74.3 Å². The van der Waals surface area contributed by atoms with E-state index in [2.05, 4.69) is 9.97 Å². The summed E-state index contributed by atoms with van der Waals surface area (Å²) in [6.45, 7) is 11.9. The summed E-state index contributed by atoms with van der Waals surface area (Å²) in [5.41, 5.74) is 5.34. The van der Waals surface area contributed by atoms with Crippen molar-refractivity contribution in [3.63, 3.8) is 0 Å². The fourth-order valence-electron chi connectivity index (χ4n) is 8.98. The number of aryl methyl sites for hydroxylation is 2. The Bertz CT molecular complexity index is 3710. The monoisotopic (exact) mass is 1150 g/mol. The average molecular weight is 1150 g/mol. The maximum atomic E-state index is 13.4. The topological polar surface area (TPSA) is 176 Å². The molecule has 0 aliphatic rings. The molecule has 0 radical (unpaired) electrons. The molecule has 0 fully saturated rings. The molecule has 0 saturated carbocycles. The van der Waals surface area contributed by atoms with Crippen LogP contribution in [0.15, 0.2) is 122 Å². The molecule has 0 atom stereocenters. The molecule has 4 heterocycles. The van der Waals surface area contributed by atoms with Gasteiger partial charge in [-0.2, -0.15) is 26.3 Å². The highest BCUT2D eigenvalue weighted by Crippen LogP contribution is 2.40. The van der Waals surface area contributed by atoms with E-state index < -0.39 is 73.6 Å². The summed E-state index contributed by atoms with van der Waals surface area (Å²) < 4.78 is 111. The smallest absolute Gasteiger partial charge is 0.414 e. The molecule has 2 amide bonds. The molecule has 0 spiro atoms. The van der Waals surface area contributed by atoms with Crippen LogP contribution >= 0.6 is 0 Å². The van der Waals surface area contributed by atoms with Gasteiger partial charge in [-0.05, 0) is 115 Å². The first-order chi connectivity index (χ1) is 38.9. The van der Waals surface area contributed by atoms with Gasteiger partial charge >= 0.3 is 36.5 Å². The van der Waals surface area contributed by atoms with Crippen LogP contribution in [0, 0.1) is 13.8 Å². The zero-order chi connectivity index (χ0) is 60.9. The number of para-hydroxylation sites is 2. The number of esters is 1. The van der Waals surface area contributed by atoms with Crippen LogP contribution in [-0.2, 0) is 14.2 Å². The Balaban J connectivity index is 0.000000239. The van der Waals surface area contributed by atoms with Gasteiger partial charge in [-0.3, -0.25) is 18.6 Å². The van der Waals surface area contributed by atoms with Gasteiger partial charge in [-0.15, -0.1) is 0 Å². The van der Waals surface area contributed by atoms with Gasteiger partial charge in [0.2, 0.25) is 0 Å². The number of amides is 2. The normalized spacial score (nSPS) is 11.9. The summed E-state index contributed by atoms with van der Waals surface area (Å²) in [6, 6.07) is 27.4. The maximum Gasteiger partial charge on any atom is 0.414 e. The second-order valence-corrected chi connectivity index (χ2v) is 21.2. The quantitative estimate of drug-likeness (QED) is 0.0620. The van der Waals surface area contributed by atoms with E-state index in [4.69, 9.17) is 23.7 Å². The zero-order valence-corrected chi connectivity index (χ0v) is 47.4. The molecule has 8 aromatic rings. The number of methoxy groups -OCH3 is 3. The number of aromatic nitrogens is 4. The Kier molecular flexibility index (Phi) is 18.2. The number of carbonyl (C=O) groups is 4. The van der Waals surface area contributed by atoms with E-state index in [1.165, 1.54) is 33.6 Å². The summed E-state index contributed by atoms with van der Waals surface area (Å²) in [5, 5.41) is 9.45. The Labute approximate surface area is 474 Å². The van der Waals surface area contributed by atoms with E-state index >= 15 is 0 Å². The Morgan fingerprint density at radius 2 is 0.928 bits per heavy atom. The molecule has 4 aromatic carbocycles. The van der Waals surface area contributed by atoms with Crippen molar-refractivity contribution in [2.24, 2.45) is 0 Å². The van der Waals surface area contributed by atoms with E-state index in [0.717, 1.165) is 9.80 Å². The third kappa shape index (κ3) is 14.9. The number of hydrogen-bond acceptors (Lipinski definition) is 11. The third-order valence-electron chi connectivity index (χ3n) is 12.7. The number of imidazole rings is 2. The predicted molar refractivity (Wildman–Crippen MR) is 302 cm³/mol. The highest BCUT2D eigenvalue weighted by Gasteiger charge is 2.35. The summed E-state index contributed by atoms with van der Waals surface area (Å²) in [4.78, 5) is 61.3. The lowest BCUT2D eigenvalue weighted by atomic mass is 10.0. The van der Waals surface area contributed by atoms with Gasteiger partial charge in [-0.25, -0.2) is 29.1 Å². The Hall–Kier alpha value is -9.08.